The van der Waals surface area contributed by atoms with Gasteiger partial charge >= 0.3 is 0 Å². The zero-order valence-electron chi connectivity index (χ0n) is 11.5. The molecule has 0 heterocycles. The quantitative estimate of drug-likeness (QED) is 0.859. The van der Waals surface area contributed by atoms with Crippen LogP contribution < -0.4 is 0 Å². The first-order chi connectivity index (χ1) is 8.91. The largest absolute Gasteiger partial charge is 0.381 e. The monoisotopic (exact) mass is 318 g/mol. The Labute approximate surface area is 123 Å². The van der Waals surface area contributed by atoms with Crippen LogP contribution in [0.25, 0.3) is 0 Å². The fourth-order valence-corrected chi connectivity index (χ4v) is 2.55. The summed E-state index contributed by atoms with van der Waals surface area (Å²) in [6.07, 6.45) is 0. The molecule has 2 heteroatoms. The van der Waals surface area contributed by atoms with Crippen molar-refractivity contribution in [3.05, 3.63) is 69.7 Å². The van der Waals surface area contributed by atoms with Crippen LogP contribution in [0.2, 0.25) is 0 Å². The molecule has 1 atom stereocenters. The van der Waals surface area contributed by atoms with E-state index in [0.29, 0.717) is 5.92 Å². The Morgan fingerprint density at radius 3 is 2.16 bits per heavy atom. The lowest BCUT2D eigenvalue weighted by molar-refractivity contribution is 0.102. The third-order valence-corrected chi connectivity index (χ3v) is 4.02. The molecular formula is C17H19BrO. The van der Waals surface area contributed by atoms with E-state index in [2.05, 4.69) is 41.9 Å². The third-order valence-electron chi connectivity index (χ3n) is 3.53. The lowest BCUT2D eigenvalue weighted by atomic mass is 9.87. The highest BCUT2D eigenvalue weighted by atomic mass is 79.9. The van der Waals surface area contributed by atoms with E-state index in [9.17, 15) is 5.11 Å². The molecule has 0 fully saturated rings. The summed E-state index contributed by atoms with van der Waals surface area (Å²) in [4.78, 5) is 0. The van der Waals surface area contributed by atoms with Gasteiger partial charge in [0.25, 0.3) is 0 Å². The summed E-state index contributed by atoms with van der Waals surface area (Å²) in [6, 6.07) is 16.0. The van der Waals surface area contributed by atoms with E-state index >= 15 is 0 Å². The molecule has 0 saturated carbocycles. The van der Waals surface area contributed by atoms with Gasteiger partial charge in [0.05, 0.1) is 0 Å². The minimum absolute atomic E-state index is 0.505. The molecule has 1 N–H and O–H groups in total. The Bertz CT molecular complexity index is 556. The van der Waals surface area contributed by atoms with Crippen molar-refractivity contribution >= 4 is 15.9 Å². The molecule has 0 spiro atoms. The van der Waals surface area contributed by atoms with Gasteiger partial charge in [0.15, 0.2) is 0 Å². The van der Waals surface area contributed by atoms with Crippen LogP contribution in [0.4, 0.5) is 0 Å². The zero-order chi connectivity index (χ0) is 14.0. The first-order valence-corrected chi connectivity index (χ1v) is 7.29. The van der Waals surface area contributed by atoms with Gasteiger partial charge in [-0.2, -0.15) is 0 Å². The fourth-order valence-electron chi connectivity index (χ4n) is 2.15. The van der Waals surface area contributed by atoms with Crippen LogP contribution in [0.1, 0.15) is 43.4 Å². The van der Waals surface area contributed by atoms with E-state index in [1.165, 1.54) is 5.56 Å². The van der Waals surface area contributed by atoms with Gasteiger partial charge in [-0.25, -0.2) is 0 Å². The molecule has 2 aromatic rings. The standard InChI is InChI=1S/C17H19BrO/c1-12(2)13-7-9-14(10-8-13)17(3,19)15-5-4-6-16(18)11-15/h4-12,19H,1-3H3. The first-order valence-electron chi connectivity index (χ1n) is 6.50. The van der Waals surface area contributed by atoms with E-state index in [1.807, 2.05) is 43.3 Å². The average molecular weight is 319 g/mol. The Kier molecular flexibility index (Phi) is 4.12. The van der Waals surface area contributed by atoms with Gasteiger partial charge in [0, 0.05) is 4.47 Å². The first kappa shape index (κ1) is 14.3. The molecule has 0 bridgehead atoms. The number of halogens is 1. The van der Waals surface area contributed by atoms with Gasteiger partial charge in [-0.3, -0.25) is 0 Å². The molecule has 1 unspecified atom stereocenters. The normalized spacial score (nSPS) is 14.4. The summed E-state index contributed by atoms with van der Waals surface area (Å²) < 4.78 is 0.976. The summed E-state index contributed by atoms with van der Waals surface area (Å²) >= 11 is 3.45. The lowest BCUT2D eigenvalue weighted by Gasteiger charge is -2.25. The molecule has 0 aliphatic rings. The third kappa shape index (κ3) is 3.07. The summed E-state index contributed by atoms with van der Waals surface area (Å²) in [5.74, 6) is 0.505. The topological polar surface area (TPSA) is 20.2 Å². The molecule has 0 amide bonds. The van der Waals surface area contributed by atoms with Crippen LogP contribution in [0.5, 0.6) is 0 Å². The minimum Gasteiger partial charge on any atom is -0.381 e. The number of rotatable bonds is 3. The van der Waals surface area contributed by atoms with E-state index in [0.717, 1.165) is 15.6 Å². The number of hydrogen-bond acceptors (Lipinski definition) is 1. The highest BCUT2D eigenvalue weighted by Gasteiger charge is 2.25. The van der Waals surface area contributed by atoms with Crippen LogP contribution >= 0.6 is 15.9 Å². The average Bonchev–Trinajstić information content (AvgIpc) is 2.39. The van der Waals surface area contributed by atoms with Crippen molar-refractivity contribution in [3.8, 4) is 0 Å². The lowest BCUT2D eigenvalue weighted by Crippen LogP contribution is -2.22. The Hall–Kier alpha value is -1.12. The molecule has 0 aromatic heterocycles. The van der Waals surface area contributed by atoms with Crippen LogP contribution in [0.3, 0.4) is 0 Å². The minimum atomic E-state index is -0.973. The maximum atomic E-state index is 10.8. The smallest absolute Gasteiger partial charge is 0.112 e. The summed E-state index contributed by atoms with van der Waals surface area (Å²) in [5.41, 5.74) is 2.11. The van der Waals surface area contributed by atoms with Crippen molar-refractivity contribution in [1.82, 2.24) is 0 Å². The molecular weight excluding hydrogens is 300 g/mol. The predicted molar refractivity (Wildman–Crippen MR) is 83.3 cm³/mol. The maximum Gasteiger partial charge on any atom is 0.112 e. The molecule has 100 valence electrons. The van der Waals surface area contributed by atoms with Crippen LogP contribution in [-0.2, 0) is 5.60 Å². The second kappa shape index (κ2) is 5.48. The van der Waals surface area contributed by atoms with Gasteiger partial charge < -0.3 is 5.11 Å². The van der Waals surface area contributed by atoms with Gasteiger partial charge in [-0.1, -0.05) is 66.2 Å². The zero-order valence-corrected chi connectivity index (χ0v) is 13.1. The molecule has 19 heavy (non-hydrogen) atoms. The van der Waals surface area contributed by atoms with Crippen molar-refractivity contribution in [1.29, 1.82) is 0 Å². The van der Waals surface area contributed by atoms with Crippen molar-refractivity contribution < 1.29 is 5.11 Å². The molecule has 2 rings (SSSR count). The van der Waals surface area contributed by atoms with E-state index in [4.69, 9.17) is 0 Å². The van der Waals surface area contributed by atoms with E-state index < -0.39 is 5.60 Å². The highest BCUT2D eigenvalue weighted by Crippen LogP contribution is 2.31. The van der Waals surface area contributed by atoms with Gasteiger partial charge in [-0.05, 0) is 41.7 Å². The second-order valence-corrected chi connectivity index (χ2v) is 6.27. The summed E-state index contributed by atoms with van der Waals surface area (Å²) in [6.45, 7) is 6.17. The Balaban J connectivity index is 2.38. The predicted octanol–water partition coefficient (Wildman–Crippen LogP) is 4.83. The van der Waals surface area contributed by atoms with Crippen molar-refractivity contribution in [2.45, 2.75) is 32.3 Å². The molecule has 0 aliphatic heterocycles. The fraction of sp³-hybridized carbons (Fsp3) is 0.294. The van der Waals surface area contributed by atoms with E-state index in [1.54, 1.807) is 0 Å². The highest BCUT2D eigenvalue weighted by molar-refractivity contribution is 9.10. The molecule has 0 saturated heterocycles. The number of hydrogen-bond donors (Lipinski definition) is 1. The molecule has 1 nitrogen and oxygen atoms in total. The summed E-state index contributed by atoms with van der Waals surface area (Å²) in [5, 5.41) is 10.8. The van der Waals surface area contributed by atoms with Gasteiger partial charge in [0.1, 0.15) is 5.60 Å². The van der Waals surface area contributed by atoms with Crippen LogP contribution in [-0.4, -0.2) is 5.11 Å². The second-order valence-electron chi connectivity index (χ2n) is 5.36. The van der Waals surface area contributed by atoms with Gasteiger partial charge in [0.2, 0.25) is 0 Å². The van der Waals surface area contributed by atoms with Crippen molar-refractivity contribution in [2.24, 2.45) is 0 Å². The molecule has 2 aromatic carbocycles. The Morgan fingerprint density at radius 1 is 1.00 bits per heavy atom. The number of aliphatic hydroxyl groups is 1. The van der Waals surface area contributed by atoms with Crippen LogP contribution in [0, 0.1) is 0 Å². The SMILES string of the molecule is CC(C)c1ccc(C(C)(O)c2cccc(Br)c2)cc1. The Morgan fingerprint density at radius 2 is 1.63 bits per heavy atom. The van der Waals surface area contributed by atoms with Crippen molar-refractivity contribution in [3.63, 3.8) is 0 Å². The number of benzene rings is 2. The summed E-state index contributed by atoms with van der Waals surface area (Å²) in [7, 11) is 0. The van der Waals surface area contributed by atoms with Crippen LogP contribution in [0.15, 0.2) is 53.0 Å². The maximum absolute atomic E-state index is 10.8. The van der Waals surface area contributed by atoms with Gasteiger partial charge in [-0.15, -0.1) is 0 Å². The van der Waals surface area contributed by atoms with E-state index in [-0.39, 0.29) is 0 Å². The molecule has 0 radical (unpaired) electrons. The van der Waals surface area contributed by atoms with Crippen molar-refractivity contribution in [2.75, 3.05) is 0 Å². The molecule has 0 aliphatic carbocycles.